The van der Waals surface area contributed by atoms with E-state index in [0.717, 1.165) is 44.0 Å². The van der Waals surface area contributed by atoms with Gasteiger partial charge in [-0.3, -0.25) is 4.99 Å². The summed E-state index contributed by atoms with van der Waals surface area (Å²) in [5, 5.41) is 3.28. The second kappa shape index (κ2) is 8.60. The fraction of sp³-hybridized carbons (Fsp3) is 0.368. The summed E-state index contributed by atoms with van der Waals surface area (Å²) in [6.07, 6.45) is 2.33. The maximum atomic E-state index is 13.2. The average Bonchev–Trinajstić information content (AvgIpc) is 2.65. The Bertz CT molecular complexity index is 723. The van der Waals surface area contributed by atoms with E-state index in [1.165, 1.54) is 12.1 Å². The normalized spacial score (nSPS) is 15.3. The van der Waals surface area contributed by atoms with Crippen LogP contribution >= 0.6 is 0 Å². The molecule has 3 rings (SSSR count). The van der Waals surface area contributed by atoms with Crippen LogP contribution in [0, 0.1) is 11.6 Å². The van der Waals surface area contributed by atoms with E-state index in [-0.39, 0.29) is 0 Å². The molecular formula is C19H23F2N5. The molecule has 0 bridgehead atoms. The van der Waals surface area contributed by atoms with Crippen molar-refractivity contribution in [2.45, 2.75) is 6.42 Å². The minimum atomic E-state index is -0.546. The number of halogens is 2. The van der Waals surface area contributed by atoms with Gasteiger partial charge in [0.05, 0.1) is 0 Å². The molecule has 0 aliphatic carbocycles. The average molecular weight is 359 g/mol. The molecule has 0 unspecified atom stereocenters. The molecule has 1 fully saturated rings. The van der Waals surface area contributed by atoms with Crippen molar-refractivity contribution in [2.75, 3.05) is 44.7 Å². The Balaban J connectivity index is 1.49. The van der Waals surface area contributed by atoms with Crippen molar-refractivity contribution >= 4 is 11.8 Å². The van der Waals surface area contributed by atoms with Crippen molar-refractivity contribution in [3.05, 3.63) is 59.8 Å². The number of hydrogen-bond acceptors (Lipinski definition) is 3. The lowest BCUT2D eigenvalue weighted by atomic mass is 10.1. The van der Waals surface area contributed by atoms with E-state index >= 15 is 0 Å². The lowest BCUT2D eigenvalue weighted by Gasteiger charge is -2.37. The number of nitrogens with one attached hydrogen (secondary N) is 1. The summed E-state index contributed by atoms with van der Waals surface area (Å²) in [6.45, 7) is 3.98. The molecule has 0 radical (unpaired) electrons. The van der Waals surface area contributed by atoms with Gasteiger partial charge in [-0.2, -0.15) is 0 Å². The molecule has 0 atom stereocenters. The quantitative estimate of drug-likeness (QED) is 0.672. The number of benzene rings is 1. The van der Waals surface area contributed by atoms with Gasteiger partial charge in [-0.25, -0.2) is 13.8 Å². The van der Waals surface area contributed by atoms with Crippen molar-refractivity contribution in [3.8, 4) is 0 Å². The molecule has 2 heterocycles. The number of hydrogen-bond donors (Lipinski definition) is 1. The number of rotatable bonds is 4. The first kappa shape index (κ1) is 18.1. The highest BCUT2D eigenvalue weighted by atomic mass is 19.1. The number of aliphatic imine (C=N–C) groups is 1. The van der Waals surface area contributed by atoms with Crippen molar-refractivity contribution in [1.29, 1.82) is 0 Å². The van der Waals surface area contributed by atoms with Crippen molar-refractivity contribution < 1.29 is 8.78 Å². The smallest absolute Gasteiger partial charge is 0.193 e. The molecule has 7 heteroatoms. The van der Waals surface area contributed by atoms with Gasteiger partial charge in [-0.1, -0.05) is 6.07 Å². The van der Waals surface area contributed by atoms with Gasteiger partial charge < -0.3 is 15.1 Å². The van der Waals surface area contributed by atoms with Crippen LogP contribution in [-0.2, 0) is 6.42 Å². The summed E-state index contributed by atoms with van der Waals surface area (Å²) in [7, 11) is 1.75. The molecule has 1 aliphatic heterocycles. The van der Waals surface area contributed by atoms with E-state index in [9.17, 15) is 8.78 Å². The molecule has 138 valence electrons. The molecule has 26 heavy (non-hydrogen) atoms. The van der Waals surface area contributed by atoms with Gasteiger partial charge in [-0.15, -0.1) is 0 Å². The zero-order valence-electron chi connectivity index (χ0n) is 14.8. The third kappa shape index (κ3) is 4.68. The fourth-order valence-electron chi connectivity index (χ4n) is 3.09. The molecule has 0 saturated carbocycles. The van der Waals surface area contributed by atoms with Gasteiger partial charge in [0.15, 0.2) is 5.96 Å². The lowest BCUT2D eigenvalue weighted by molar-refractivity contribution is 0.372. The van der Waals surface area contributed by atoms with Crippen LogP contribution in [0.3, 0.4) is 0 Å². The minimum Gasteiger partial charge on any atom is -0.356 e. The van der Waals surface area contributed by atoms with Crippen LogP contribution in [0.1, 0.15) is 5.56 Å². The summed E-state index contributed by atoms with van der Waals surface area (Å²) >= 11 is 0. The predicted octanol–water partition coefficient (Wildman–Crippen LogP) is 2.30. The van der Waals surface area contributed by atoms with Crippen molar-refractivity contribution in [1.82, 2.24) is 15.2 Å². The van der Waals surface area contributed by atoms with Crippen LogP contribution < -0.4 is 10.2 Å². The maximum Gasteiger partial charge on any atom is 0.193 e. The Morgan fingerprint density at radius 3 is 2.46 bits per heavy atom. The first-order chi connectivity index (χ1) is 12.7. The third-order valence-corrected chi connectivity index (χ3v) is 4.38. The summed E-state index contributed by atoms with van der Waals surface area (Å²) < 4.78 is 26.5. The van der Waals surface area contributed by atoms with Gasteiger partial charge in [-0.05, 0) is 36.2 Å². The van der Waals surface area contributed by atoms with E-state index < -0.39 is 11.6 Å². The van der Waals surface area contributed by atoms with E-state index in [2.05, 4.69) is 25.1 Å². The van der Waals surface area contributed by atoms with Gasteiger partial charge in [0.1, 0.15) is 17.5 Å². The number of nitrogens with zero attached hydrogens (tertiary/aromatic N) is 4. The SMILES string of the molecule is CN=C(NCCc1cc(F)cc(F)c1)N1CCN(c2ccccn2)CC1. The Kier molecular flexibility index (Phi) is 5.99. The summed E-state index contributed by atoms with van der Waals surface area (Å²) in [5.41, 5.74) is 0.630. The molecule has 1 aliphatic rings. The first-order valence-corrected chi connectivity index (χ1v) is 8.72. The molecule has 0 spiro atoms. The van der Waals surface area contributed by atoms with E-state index in [1.54, 1.807) is 13.2 Å². The number of aromatic nitrogens is 1. The van der Waals surface area contributed by atoms with Crippen LogP contribution in [-0.4, -0.2) is 55.6 Å². The van der Waals surface area contributed by atoms with Gasteiger partial charge >= 0.3 is 0 Å². The molecular weight excluding hydrogens is 336 g/mol. The molecule has 1 aromatic carbocycles. The molecule has 5 nitrogen and oxygen atoms in total. The largest absolute Gasteiger partial charge is 0.356 e. The lowest BCUT2D eigenvalue weighted by Crippen LogP contribution is -2.53. The monoisotopic (exact) mass is 359 g/mol. The minimum absolute atomic E-state index is 0.529. The Morgan fingerprint density at radius 2 is 1.85 bits per heavy atom. The predicted molar refractivity (Wildman–Crippen MR) is 99.4 cm³/mol. The maximum absolute atomic E-state index is 13.2. The second-order valence-electron chi connectivity index (χ2n) is 6.16. The molecule has 0 amide bonds. The van der Waals surface area contributed by atoms with Crippen LogP contribution in [0.2, 0.25) is 0 Å². The van der Waals surface area contributed by atoms with E-state index in [0.29, 0.717) is 18.5 Å². The van der Waals surface area contributed by atoms with Crippen LogP contribution in [0.5, 0.6) is 0 Å². The zero-order chi connectivity index (χ0) is 18.4. The van der Waals surface area contributed by atoms with Crippen LogP contribution in [0.4, 0.5) is 14.6 Å². The number of anilines is 1. The zero-order valence-corrected chi connectivity index (χ0v) is 14.8. The third-order valence-electron chi connectivity index (χ3n) is 4.38. The summed E-state index contributed by atoms with van der Waals surface area (Å²) in [4.78, 5) is 13.2. The highest BCUT2D eigenvalue weighted by Gasteiger charge is 2.20. The molecule has 1 aromatic heterocycles. The van der Waals surface area contributed by atoms with Crippen molar-refractivity contribution in [3.63, 3.8) is 0 Å². The standard InChI is InChI=1S/C19H23F2N5/c1-22-19(24-7-5-15-12-16(20)14-17(21)13-15)26-10-8-25(9-11-26)18-4-2-3-6-23-18/h2-4,6,12-14H,5,7-11H2,1H3,(H,22,24). The van der Waals surface area contributed by atoms with Crippen molar-refractivity contribution in [2.24, 2.45) is 4.99 Å². The Morgan fingerprint density at radius 1 is 1.12 bits per heavy atom. The Labute approximate surface area is 152 Å². The van der Waals surface area contributed by atoms with Crippen LogP contribution in [0.25, 0.3) is 0 Å². The summed E-state index contributed by atoms with van der Waals surface area (Å²) in [5.74, 6) is 0.704. The highest BCUT2D eigenvalue weighted by molar-refractivity contribution is 5.80. The highest BCUT2D eigenvalue weighted by Crippen LogP contribution is 2.12. The van der Waals surface area contributed by atoms with E-state index in [4.69, 9.17) is 0 Å². The van der Waals surface area contributed by atoms with Gasteiger partial charge in [0, 0.05) is 52.0 Å². The van der Waals surface area contributed by atoms with E-state index in [1.807, 2.05) is 18.2 Å². The molecule has 2 aromatic rings. The van der Waals surface area contributed by atoms with Gasteiger partial charge in [0.25, 0.3) is 0 Å². The summed E-state index contributed by atoms with van der Waals surface area (Å²) in [6, 6.07) is 9.52. The topological polar surface area (TPSA) is 43.8 Å². The number of piperazine rings is 1. The first-order valence-electron chi connectivity index (χ1n) is 8.72. The Hall–Kier alpha value is -2.70. The second-order valence-corrected chi connectivity index (χ2v) is 6.16. The van der Waals surface area contributed by atoms with Crippen LogP contribution in [0.15, 0.2) is 47.6 Å². The molecule has 1 saturated heterocycles. The number of guanidine groups is 1. The fourth-order valence-corrected chi connectivity index (χ4v) is 3.09. The molecule has 1 N–H and O–H groups in total. The number of pyridine rings is 1. The van der Waals surface area contributed by atoms with Gasteiger partial charge in [0.2, 0.25) is 0 Å².